The second-order valence-electron chi connectivity index (χ2n) is 5.07. The molecular weight excluding hydrogens is 311 g/mol. The number of carbonyl (C=O) groups excluding carboxylic acids is 1. The van der Waals surface area contributed by atoms with E-state index in [1.54, 1.807) is 16.5 Å². The predicted molar refractivity (Wildman–Crippen MR) is 89.3 cm³/mol. The monoisotopic (exact) mass is 322 g/mol. The van der Waals surface area contributed by atoms with Crippen LogP contribution in [0.3, 0.4) is 0 Å². The van der Waals surface area contributed by atoms with Crippen molar-refractivity contribution in [3.05, 3.63) is 71.5 Å². The molecule has 0 atom stereocenters. The molecule has 0 saturated carbocycles. The molecule has 0 N–H and O–H groups in total. The molecule has 23 heavy (non-hydrogen) atoms. The van der Waals surface area contributed by atoms with Crippen molar-refractivity contribution in [2.45, 2.75) is 0 Å². The first-order chi connectivity index (χ1) is 11.3. The lowest BCUT2D eigenvalue weighted by atomic mass is 10.1. The molecule has 5 heteroatoms. The summed E-state index contributed by atoms with van der Waals surface area (Å²) in [5.41, 5.74) is 3.19. The third-order valence-electron chi connectivity index (χ3n) is 3.61. The molecule has 0 aliphatic rings. The number of aromatic nitrogens is 2. The number of hydrogen-bond acceptors (Lipinski definition) is 3. The van der Waals surface area contributed by atoms with E-state index in [9.17, 15) is 9.18 Å². The highest BCUT2D eigenvalue weighted by molar-refractivity contribution is 7.17. The van der Waals surface area contributed by atoms with Crippen LogP contribution in [0.5, 0.6) is 0 Å². The van der Waals surface area contributed by atoms with Crippen molar-refractivity contribution in [3.63, 3.8) is 0 Å². The van der Waals surface area contributed by atoms with Crippen LogP contribution >= 0.6 is 11.3 Å². The Labute approximate surface area is 135 Å². The highest BCUT2D eigenvalue weighted by atomic mass is 32.1. The van der Waals surface area contributed by atoms with Gasteiger partial charge < -0.3 is 0 Å². The fraction of sp³-hybridized carbons (Fsp3) is 0. The lowest BCUT2D eigenvalue weighted by Gasteiger charge is -2.03. The van der Waals surface area contributed by atoms with E-state index >= 15 is 0 Å². The minimum atomic E-state index is -0.331. The van der Waals surface area contributed by atoms with Gasteiger partial charge in [-0.3, -0.25) is 9.20 Å². The molecule has 0 radical (unpaired) electrons. The molecule has 3 nitrogen and oxygen atoms in total. The van der Waals surface area contributed by atoms with Gasteiger partial charge >= 0.3 is 0 Å². The van der Waals surface area contributed by atoms with Crippen molar-refractivity contribution >= 4 is 23.3 Å². The second-order valence-corrected chi connectivity index (χ2v) is 6.19. The summed E-state index contributed by atoms with van der Waals surface area (Å²) in [6.07, 6.45) is 2.24. The van der Waals surface area contributed by atoms with Gasteiger partial charge in [-0.1, -0.05) is 30.3 Å². The van der Waals surface area contributed by atoms with Gasteiger partial charge in [-0.15, -0.1) is 11.3 Å². The third-order valence-corrected chi connectivity index (χ3v) is 4.62. The number of fused-ring (bicyclic) bond motifs is 1. The van der Waals surface area contributed by atoms with E-state index in [1.807, 2.05) is 36.4 Å². The SMILES string of the molecule is O=Cc1ccc(-c2c(-c3ccccc3)nc3ccc(F)cn23)s1. The number of aldehydes is 1. The summed E-state index contributed by atoms with van der Waals surface area (Å²) in [6, 6.07) is 16.4. The Morgan fingerprint density at radius 2 is 1.87 bits per heavy atom. The van der Waals surface area contributed by atoms with Crippen LogP contribution in [-0.2, 0) is 0 Å². The van der Waals surface area contributed by atoms with Crippen molar-refractivity contribution in [2.75, 3.05) is 0 Å². The summed E-state index contributed by atoms with van der Waals surface area (Å²) < 4.78 is 15.4. The second kappa shape index (κ2) is 5.44. The maximum atomic E-state index is 13.7. The third kappa shape index (κ3) is 2.35. The first kappa shape index (κ1) is 13.8. The van der Waals surface area contributed by atoms with Crippen molar-refractivity contribution in [1.29, 1.82) is 0 Å². The van der Waals surface area contributed by atoms with Crippen LogP contribution in [0, 0.1) is 5.82 Å². The van der Waals surface area contributed by atoms with E-state index in [0.29, 0.717) is 10.5 Å². The van der Waals surface area contributed by atoms with Crippen LogP contribution in [0.25, 0.3) is 27.5 Å². The van der Waals surface area contributed by atoms with E-state index in [2.05, 4.69) is 4.98 Å². The van der Waals surface area contributed by atoms with E-state index in [1.165, 1.54) is 23.6 Å². The molecule has 4 aromatic rings. The minimum Gasteiger partial charge on any atom is -0.297 e. The first-order valence-electron chi connectivity index (χ1n) is 7.04. The Morgan fingerprint density at radius 1 is 1.04 bits per heavy atom. The number of pyridine rings is 1. The van der Waals surface area contributed by atoms with Gasteiger partial charge in [0.25, 0.3) is 0 Å². The maximum absolute atomic E-state index is 13.7. The van der Waals surface area contributed by atoms with Crippen LogP contribution in [0.4, 0.5) is 4.39 Å². The number of imidazole rings is 1. The van der Waals surface area contributed by atoms with Crippen molar-refractivity contribution in [2.24, 2.45) is 0 Å². The molecule has 0 aliphatic heterocycles. The van der Waals surface area contributed by atoms with Crippen molar-refractivity contribution in [1.82, 2.24) is 9.38 Å². The van der Waals surface area contributed by atoms with E-state index in [4.69, 9.17) is 0 Å². The number of nitrogens with zero attached hydrogens (tertiary/aromatic N) is 2. The van der Waals surface area contributed by atoms with Gasteiger partial charge in [0.1, 0.15) is 11.5 Å². The maximum Gasteiger partial charge on any atom is 0.160 e. The molecule has 0 fully saturated rings. The normalized spacial score (nSPS) is 11.0. The zero-order valence-corrected chi connectivity index (χ0v) is 12.8. The zero-order valence-electron chi connectivity index (χ0n) is 11.9. The van der Waals surface area contributed by atoms with E-state index in [0.717, 1.165) is 28.1 Å². The Bertz CT molecular complexity index is 1000. The highest BCUT2D eigenvalue weighted by Crippen LogP contribution is 2.36. The van der Waals surface area contributed by atoms with Crippen LogP contribution in [-0.4, -0.2) is 15.7 Å². The van der Waals surface area contributed by atoms with E-state index < -0.39 is 0 Å². The lowest BCUT2D eigenvalue weighted by Crippen LogP contribution is -1.89. The highest BCUT2D eigenvalue weighted by Gasteiger charge is 2.17. The number of hydrogen-bond donors (Lipinski definition) is 0. The van der Waals surface area contributed by atoms with Crippen molar-refractivity contribution < 1.29 is 9.18 Å². The van der Waals surface area contributed by atoms with Crippen LogP contribution < -0.4 is 0 Å². The fourth-order valence-corrected chi connectivity index (χ4v) is 3.46. The summed E-state index contributed by atoms with van der Waals surface area (Å²) in [5, 5.41) is 0. The number of thiophene rings is 1. The van der Waals surface area contributed by atoms with Crippen molar-refractivity contribution in [3.8, 4) is 21.8 Å². The Balaban J connectivity index is 2.05. The van der Waals surface area contributed by atoms with Gasteiger partial charge in [0.2, 0.25) is 0 Å². The zero-order chi connectivity index (χ0) is 15.8. The number of rotatable bonds is 3. The van der Waals surface area contributed by atoms with Crippen LogP contribution in [0.1, 0.15) is 9.67 Å². The van der Waals surface area contributed by atoms with Crippen LogP contribution in [0.2, 0.25) is 0 Å². The van der Waals surface area contributed by atoms with Gasteiger partial charge in [-0.25, -0.2) is 9.37 Å². The average Bonchev–Trinajstić information content (AvgIpc) is 3.19. The summed E-state index contributed by atoms with van der Waals surface area (Å²) in [4.78, 5) is 17.1. The van der Waals surface area contributed by atoms with Crippen LogP contribution in [0.15, 0.2) is 60.8 Å². The van der Waals surface area contributed by atoms with Gasteiger partial charge in [-0.05, 0) is 24.3 Å². The minimum absolute atomic E-state index is 0.331. The van der Waals surface area contributed by atoms with Gasteiger partial charge in [0.05, 0.1) is 21.1 Å². The summed E-state index contributed by atoms with van der Waals surface area (Å²) in [7, 11) is 0. The first-order valence-corrected chi connectivity index (χ1v) is 7.86. The van der Waals surface area contributed by atoms with E-state index in [-0.39, 0.29) is 5.82 Å². The standard InChI is InChI=1S/C18H11FN2OS/c19-13-6-9-16-20-17(12-4-2-1-3-5-12)18(21(16)10-13)15-8-7-14(11-22)23-15/h1-11H. The van der Waals surface area contributed by atoms with Gasteiger partial charge in [0.15, 0.2) is 6.29 Å². The fourth-order valence-electron chi connectivity index (χ4n) is 2.59. The summed E-state index contributed by atoms with van der Waals surface area (Å²) in [6.45, 7) is 0. The molecule has 0 aliphatic carbocycles. The molecule has 3 heterocycles. The molecule has 0 unspecified atom stereocenters. The summed E-state index contributed by atoms with van der Waals surface area (Å²) in [5.74, 6) is -0.331. The smallest absolute Gasteiger partial charge is 0.160 e. The molecule has 0 saturated heterocycles. The predicted octanol–water partition coefficient (Wildman–Crippen LogP) is 4.68. The molecule has 4 rings (SSSR count). The molecule has 3 aromatic heterocycles. The Morgan fingerprint density at radius 3 is 2.61 bits per heavy atom. The molecule has 0 spiro atoms. The molecule has 0 bridgehead atoms. The molecular formula is C18H11FN2OS. The topological polar surface area (TPSA) is 34.4 Å². The van der Waals surface area contributed by atoms with Gasteiger partial charge in [-0.2, -0.15) is 0 Å². The largest absolute Gasteiger partial charge is 0.297 e. The number of benzene rings is 1. The molecule has 112 valence electrons. The Hall–Kier alpha value is -2.79. The average molecular weight is 322 g/mol. The molecule has 0 amide bonds. The lowest BCUT2D eigenvalue weighted by molar-refractivity contribution is 0.112. The molecule has 1 aromatic carbocycles. The summed E-state index contributed by atoms with van der Waals surface area (Å²) >= 11 is 1.37. The quantitative estimate of drug-likeness (QED) is 0.513. The van der Waals surface area contributed by atoms with Gasteiger partial charge in [0, 0.05) is 11.8 Å². The number of halogens is 1. The number of carbonyl (C=O) groups is 1. The Kier molecular flexibility index (Phi) is 3.28.